The fraction of sp³-hybridized carbons (Fsp3) is 0.588. The SMILES string of the molecule is CC1=CCC(C)C=C1.CCC(CC=O)CC/C=C\O. The fourth-order valence-electron chi connectivity index (χ4n) is 1.87. The van der Waals surface area contributed by atoms with Gasteiger partial charge in [-0.15, -0.1) is 0 Å². The van der Waals surface area contributed by atoms with Gasteiger partial charge in [0.2, 0.25) is 0 Å². The van der Waals surface area contributed by atoms with Gasteiger partial charge in [0.15, 0.2) is 0 Å². The molecular weight excluding hydrogens is 236 g/mol. The number of aliphatic hydroxyl groups excluding tert-OH is 1. The average molecular weight is 264 g/mol. The highest BCUT2D eigenvalue weighted by molar-refractivity contribution is 5.49. The maximum absolute atomic E-state index is 10.1. The molecule has 1 aliphatic rings. The Labute approximate surface area is 117 Å². The second-order valence-electron chi connectivity index (χ2n) is 5.16. The zero-order chi connectivity index (χ0) is 14.5. The van der Waals surface area contributed by atoms with Crippen LogP contribution in [0, 0.1) is 11.8 Å². The molecule has 0 aromatic rings. The van der Waals surface area contributed by atoms with Gasteiger partial charge < -0.3 is 9.90 Å². The molecule has 1 rings (SSSR count). The van der Waals surface area contributed by atoms with Gasteiger partial charge in [-0.1, -0.05) is 50.1 Å². The lowest BCUT2D eigenvalue weighted by molar-refractivity contribution is -0.108. The lowest BCUT2D eigenvalue weighted by Crippen LogP contribution is -1.98. The van der Waals surface area contributed by atoms with Crippen molar-refractivity contribution in [3.8, 4) is 0 Å². The van der Waals surface area contributed by atoms with E-state index in [4.69, 9.17) is 5.11 Å². The molecule has 108 valence electrons. The van der Waals surface area contributed by atoms with Crippen LogP contribution in [0.2, 0.25) is 0 Å². The van der Waals surface area contributed by atoms with Gasteiger partial charge in [-0.3, -0.25) is 0 Å². The molecule has 2 unspecified atom stereocenters. The van der Waals surface area contributed by atoms with E-state index in [1.165, 1.54) is 12.0 Å². The molecule has 0 amide bonds. The van der Waals surface area contributed by atoms with Crippen molar-refractivity contribution in [2.45, 2.75) is 52.9 Å². The Morgan fingerprint density at radius 2 is 2.26 bits per heavy atom. The van der Waals surface area contributed by atoms with E-state index in [0.29, 0.717) is 12.3 Å². The second-order valence-corrected chi connectivity index (χ2v) is 5.16. The Balaban J connectivity index is 0.000000356. The van der Waals surface area contributed by atoms with Crippen molar-refractivity contribution in [2.24, 2.45) is 11.8 Å². The van der Waals surface area contributed by atoms with E-state index in [1.54, 1.807) is 6.08 Å². The summed E-state index contributed by atoms with van der Waals surface area (Å²) in [7, 11) is 0. The first-order valence-electron chi connectivity index (χ1n) is 7.21. The summed E-state index contributed by atoms with van der Waals surface area (Å²) in [6, 6.07) is 0. The number of hydrogen-bond acceptors (Lipinski definition) is 2. The minimum absolute atomic E-state index is 0.490. The van der Waals surface area contributed by atoms with Gasteiger partial charge in [-0.2, -0.15) is 0 Å². The van der Waals surface area contributed by atoms with Gasteiger partial charge in [0, 0.05) is 6.42 Å². The molecule has 0 aromatic heterocycles. The van der Waals surface area contributed by atoms with E-state index in [0.717, 1.165) is 37.7 Å². The van der Waals surface area contributed by atoms with E-state index in [2.05, 4.69) is 39.0 Å². The van der Waals surface area contributed by atoms with Crippen molar-refractivity contribution in [1.82, 2.24) is 0 Å². The number of aldehydes is 1. The lowest BCUT2D eigenvalue weighted by atomic mass is 9.97. The van der Waals surface area contributed by atoms with E-state index < -0.39 is 0 Å². The fourth-order valence-corrected chi connectivity index (χ4v) is 1.87. The summed E-state index contributed by atoms with van der Waals surface area (Å²) < 4.78 is 0. The first-order valence-corrected chi connectivity index (χ1v) is 7.21. The molecular formula is C17H28O2. The van der Waals surface area contributed by atoms with Crippen LogP contribution in [-0.4, -0.2) is 11.4 Å². The third-order valence-corrected chi connectivity index (χ3v) is 3.35. The Kier molecular flexibility index (Phi) is 11.0. The third kappa shape index (κ3) is 10.3. The summed E-state index contributed by atoms with van der Waals surface area (Å²) in [4.78, 5) is 10.1. The van der Waals surface area contributed by atoms with Crippen molar-refractivity contribution in [2.75, 3.05) is 0 Å². The van der Waals surface area contributed by atoms with Gasteiger partial charge in [0.1, 0.15) is 6.29 Å². The summed E-state index contributed by atoms with van der Waals surface area (Å²) in [6.07, 6.45) is 15.2. The molecule has 19 heavy (non-hydrogen) atoms. The molecule has 0 radical (unpaired) electrons. The van der Waals surface area contributed by atoms with Crippen LogP contribution in [0.3, 0.4) is 0 Å². The van der Waals surface area contributed by atoms with Crippen molar-refractivity contribution in [3.63, 3.8) is 0 Å². The molecule has 0 saturated carbocycles. The Hall–Kier alpha value is -1.31. The normalized spacial score (nSPS) is 19.5. The minimum atomic E-state index is 0.490. The quantitative estimate of drug-likeness (QED) is 0.542. The number of aliphatic hydroxyl groups is 1. The number of carbonyl (C=O) groups is 1. The summed E-state index contributed by atoms with van der Waals surface area (Å²) in [6.45, 7) is 6.46. The smallest absolute Gasteiger partial charge is 0.120 e. The summed E-state index contributed by atoms with van der Waals surface area (Å²) in [5, 5.41) is 8.33. The predicted octanol–water partition coefficient (Wildman–Crippen LogP) is 4.98. The number of hydrogen-bond donors (Lipinski definition) is 1. The molecule has 0 spiro atoms. The average Bonchev–Trinajstić information content (AvgIpc) is 2.42. The molecule has 0 aliphatic heterocycles. The van der Waals surface area contributed by atoms with Crippen molar-refractivity contribution < 1.29 is 9.90 Å². The van der Waals surface area contributed by atoms with E-state index in [1.807, 2.05) is 0 Å². The standard InChI is InChI=1S/C9H16O2.C8H12/c1-2-9(6-8-11)5-3-4-7-10;1-7-3-5-8(2)6-4-7/h4,7-10H,2-3,5-6H2,1H3;3-5,8H,6H2,1-2H3/b7-4-;. The van der Waals surface area contributed by atoms with Crippen LogP contribution < -0.4 is 0 Å². The van der Waals surface area contributed by atoms with Crippen LogP contribution in [0.15, 0.2) is 36.1 Å². The monoisotopic (exact) mass is 264 g/mol. The molecule has 1 aliphatic carbocycles. The van der Waals surface area contributed by atoms with E-state index in [-0.39, 0.29) is 0 Å². The van der Waals surface area contributed by atoms with Crippen molar-refractivity contribution >= 4 is 6.29 Å². The molecule has 2 nitrogen and oxygen atoms in total. The molecule has 0 bridgehead atoms. The van der Waals surface area contributed by atoms with Crippen LogP contribution in [-0.2, 0) is 4.79 Å². The minimum Gasteiger partial charge on any atom is -0.516 e. The Morgan fingerprint density at radius 1 is 1.53 bits per heavy atom. The van der Waals surface area contributed by atoms with Gasteiger partial charge >= 0.3 is 0 Å². The van der Waals surface area contributed by atoms with Crippen LogP contribution in [0.25, 0.3) is 0 Å². The molecule has 0 fully saturated rings. The molecule has 2 heteroatoms. The van der Waals surface area contributed by atoms with Crippen molar-refractivity contribution in [1.29, 1.82) is 0 Å². The highest BCUT2D eigenvalue weighted by Gasteiger charge is 2.02. The molecule has 0 aromatic carbocycles. The van der Waals surface area contributed by atoms with Crippen LogP contribution >= 0.6 is 0 Å². The van der Waals surface area contributed by atoms with E-state index in [9.17, 15) is 4.79 Å². The van der Waals surface area contributed by atoms with Crippen LogP contribution in [0.5, 0.6) is 0 Å². The van der Waals surface area contributed by atoms with Gasteiger partial charge in [0.25, 0.3) is 0 Å². The Bertz CT molecular complexity index is 313. The lowest BCUT2D eigenvalue weighted by Gasteiger charge is -2.08. The first-order chi connectivity index (χ1) is 9.13. The third-order valence-electron chi connectivity index (χ3n) is 3.35. The highest BCUT2D eigenvalue weighted by Crippen LogP contribution is 2.14. The number of allylic oxidation sites excluding steroid dienone is 5. The first kappa shape index (κ1) is 17.7. The van der Waals surface area contributed by atoms with E-state index >= 15 is 0 Å². The van der Waals surface area contributed by atoms with Gasteiger partial charge in [-0.05, 0) is 38.0 Å². The number of carbonyl (C=O) groups excluding carboxylic acids is 1. The maximum atomic E-state index is 10.1. The highest BCUT2D eigenvalue weighted by atomic mass is 16.2. The Morgan fingerprint density at radius 3 is 2.68 bits per heavy atom. The van der Waals surface area contributed by atoms with Crippen LogP contribution in [0.4, 0.5) is 0 Å². The molecule has 0 heterocycles. The molecule has 1 N–H and O–H groups in total. The molecule has 2 atom stereocenters. The number of rotatable bonds is 6. The summed E-state index contributed by atoms with van der Waals surface area (Å²) in [5.74, 6) is 1.25. The molecule has 0 saturated heterocycles. The van der Waals surface area contributed by atoms with Crippen LogP contribution in [0.1, 0.15) is 52.9 Å². The predicted molar refractivity (Wildman–Crippen MR) is 82.1 cm³/mol. The summed E-state index contributed by atoms with van der Waals surface area (Å²) in [5.41, 5.74) is 1.41. The maximum Gasteiger partial charge on any atom is 0.120 e. The second kappa shape index (κ2) is 11.8. The van der Waals surface area contributed by atoms with Crippen molar-refractivity contribution in [3.05, 3.63) is 36.1 Å². The zero-order valence-electron chi connectivity index (χ0n) is 12.5. The largest absolute Gasteiger partial charge is 0.516 e. The zero-order valence-corrected chi connectivity index (χ0v) is 12.5. The van der Waals surface area contributed by atoms with Gasteiger partial charge in [-0.25, -0.2) is 0 Å². The topological polar surface area (TPSA) is 37.3 Å². The van der Waals surface area contributed by atoms with Gasteiger partial charge in [0.05, 0.1) is 6.26 Å². The summed E-state index contributed by atoms with van der Waals surface area (Å²) >= 11 is 0.